The van der Waals surface area contributed by atoms with Crippen LogP contribution in [-0.2, 0) is 0 Å². The van der Waals surface area contributed by atoms with E-state index in [0.29, 0.717) is 11.3 Å². The predicted octanol–water partition coefficient (Wildman–Crippen LogP) is 3.02. The summed E-state index contributed by atoms with van der Waals surface area (Å²) >= 11 is 0.976. The summed E-state index contributed by atoms with van der Waals surface area (Å²) in [5.74, 6) is -1.40. The van der Waals surface area contributed by atoms with Crippen LogP contribution in [0.25, 0.3) is 0 Å². The van der Waals surface area contributed by atoms with Gasteiger partial charge in [0.25, 0.3) is 5.91 Å². The summed E-state index contributed by atoms with van der Waals surface area (Å²) in [4.78, 5) is 23.5. The van der Waals surface area contributed by atoms with Crippen LogP contribution in [-0.4, -0.2) is 21.4 Å². The van der Waals surface area contributed by atoms with Crippen molar-refractivity contribution >= 4 is 28.4 Å². The lowest BCUT2D eigenvalue weighted by Crippen LogP contribution is -2.16. The molecule has 0 aliphatic carbocycles. The summed E-state index contributed by atoms with van der Waals surface area (Å²) in [6.07, 6.45) is 0. The van der Waals surface area contributed by atoms with Crippen LogP contribution >= 0.6 is 11.5 Å². The second-order valence-electron chi connectivity index (χ2n) is 4.50. The average Bonchev–Trinajstić information content (AvgIpc) is 2.70. The molecule has 0 spiro atoms. The van der Waals surface area contributed by atoms with E-state index in [-0.39, 0.29) is 16.5 Å². The molecule has 104 valence electrons. The van der Waals surface area contributed by atoms with Crippen molar-refractivity contribution < 1.29 is 14.7 Å². The zero-order chi connectivity index (χ0) is 14.9. The Morgan fingerprint density at radius 1 is 1.15 bits per heavy atom. The number of carboxylic acids is 1. The van der Waals surface area contributed by atoms with Crippen LogP contribution in [0, 0.1) is 20.8 Å². The molecule has 0 fully saturated rings. The number of aryl methyl sites for hydroxylation is 3. The highest BCUT2D eigenvalue weighted by Crippen LogP contribution is 2.25. The number of aromatic carboxylic acids is 1. The highest BCUT2D eigenvalue weighted by molar-refractivity contribution is 7.11. The quantitative estimate of drug-likeness (QED) is 0.910. The maximum atomic E-state index is 12.3. The third-order valence-corrected chi connectivity index (χ3v) is 3.87. The van der Waals surface area contributed by atoms with E-state index in [1.165, 1.54) is 0 Å². The molecule has 0 bridgehead atoms. The number of nitrogens with zero attached hydrogens (tertiary/aromatic N) is 1. The van der Waals surface area contributed by atoms with Gasteiger partial charge in [-0.1, -0.05) is 18.2 Å². The Balaban J connectivity index is 2.36. The lowest BCUT2D eigenvalue weighted by Gasteiger charge is -2.09. The second kappa shape index (κ2) is 5.42. The number of hydrogen-bond donors (Lipinski definition) is 2. The third kappa shape index (κ3) is 2.55. The third-order valence-electron chi connectivity index (χ3n) is 3.01. The molecule has 5 nitrogen and oxygen atoms in total. The normalized spacial score (nSPS) is 10.3. The van der Waals surface area contributed by atoms with Gasteiger partial charge in [0.2, 0.25) is 0 Å². The molecule has 0 aliphatic rings. The Morgan fingerprint density at radius 3 is 2.30 bits per heavy atom. The molecule has 0 saturated heterocycles. The van der Waals surface area contributed by atoms with E-state index in [1.807, 2.05) is 32.0 Å². The fourth-order valence-electron chi connectivity index (χ4n) is 2.05. The van der Waals surface area contributed by atoms with E-state index in [1.54, 1.807) is 6.92 Å². The molecule has 1 heterocycles. The Labute approximate surface area is 120 Å². The number of aromatic nitrogens is 1. The van der Waals surface area contributed by atoms with Crippen molar-refractivity contribution in [3.8, 4) is 0 Å². The van der Waals surface area contributed by atoms with Crippen molar-refractivity contribution in [1.29, 1.82) is 0 Å². The summed E-state index contributed by atoms with van der Waals surface area (Å²) in [6, 6.07) is 5.57. The van der Waals surface area contributed by atoms with Crippen molar-refractivity contribution in [2.75, 3.05) is 5.32 Å². The van der Waals surface area contributed by atoms with Gasteiger partial charge in [-0.05, 0) is 43.4 Å². The number of anilines is 1. The smallest absolute Gasteiger partial charge is 0.340 e. The van der Waals surface area contributed by atoms with Gasteiger partial charge < -0.3 is 10.4 Å². The topological polar surface area (TPSA) is 79.3 Å². The fraction of sp³-hybridized carbons (Fsp3) is 0.214. The molecule has 1 aromatic heterocycles. The number of carbonyl (C=O) groups excluding carboxylic acids is 1. The van der Waals surface area contributed by atoms with E-state index in [0.717, 1.165) is 22.7 Å². The molecule has 2 aromatic rings. The van der Waals surface area contributed by atoms with Crippen molar-refractivity contribution in [2.24, 2.45) is 0 Å². The number of rotatable bonds is 3. The molecule has 0 saturated carbocycles. The number of amides is 1. The zero-order valence-corrected chi connectivity index (χ0v) is 12.2. The number of benzene rings is 1. The van der Waals surface area contributed by atoms with E-state index >= 15 is 0 Å². The maximum absolute atomic E-state index is 12.3. The van der Waals surface area contributed by atoms with Gasteiger partial charge in [-0.3, -0.25) is 4.79 Å². The van der Waals surface area contributed by atoms with E-state index in [4.69, 9.17) is 5.11 Å². The van der Waals surface area contributed by atoms with Crippen LogP contribution in [0.5, 0.6) is 0 Å². The summed E-state index contributed by atoms with van der Waals surface area (Å²) < 4.78 is 3.98. The first kappa shape index (κ1) is 14.2. The first-order chi connectivity index (χ1) is 9.41. The van der Waals surface area contributed by atoms with Crippen LogP contribution in [0.1, 0.15) is 37.5 Å². The minimum absolute atomic E-state index is 0.0505. The maximum Gasteiger partial charge on any atom is 0.340 e. The van der Waals surface area contributed by atoms with Crippen LogP contribution < -0.4 is 5.32 Å². The average molecular weight is 290 g/mol. The van der Waals surface area contributed by atoms with E-state index in [2.05, 4.69) is 9.69 Å². The predicted molar refractivity (Wildman–Crippen MR) is 77.7 cm³/mol. The zero-order valence-electron chi connectivity index (χ0n) is 11.4. The van der Waals surface area contributed by atoms with E-state index < -0.39 is 5.97 Å². The molecule has 20 heavy (non-hydrogen) atoms. The standard InChI is InChI=1S/C14H14N2O3S/c1-7-5-4-6-8(2)10(7)12(17)15-13-11(14(18)19)9(3)16-20-13/h4-6H,1-3H3,(H,15,17)(H,18,19). The summed E-state index contributed by atoms with van der Waals surface area (Å²) in [6.45, 7) is 5.30. The van der Waals surface area contributed by atoms with Crippen LogP contribution in [0.2, 0.25) is 0 Å². The molecule has 2 rings (SSSR count). The van der Waals surface area contributed by atoms with Gasteiger partial charge in [-0.25, -0.2) is 4.79 Å². The molecule has 0 unspecified atom stereocenters. The lowest BCUT2D eigenvalue weighted by atomic mass is 10.0. The number of carboxylic acid groups (broad SMARTS) is 1. The molecule has 1 aromatic carbocycles. The summed E-state index contributed by atoms with van der Waals surface area (Å²) in [5, 5.41) is 12.1. The van der Waals surface area contributed by atoms with E-state index in [9.17, 15) is 9.59 Å². The minimum Gasteiger partial charge on any atom is -0.478 e. The van der Waals surface area contributed by atoms with Crippen molar-refractivity contribution in [1.82, 2.24) is 4.37 Å². The highest BCUT2D eigenvalue weighted by atomic mass is 32.1. The van der Waals surface area contributed by atoms with Crippen molar-refractivity contribution in [2.45, 2.75) is 20.8 Å². The number of hydrogen-bond acceptors (Lipinski definition) is 4. The van der Waals surface area contributed by atoms with Gasteiger partial charge in [-0.15, -0.1) is 0 Å². The van der Waals surface area contributed by atoms with Gasteiger partial charge in [0.05, 0.1) is 5.69 Å². The summed E-state index contributed by atoms with van der Waals surface area (Å²) in [5.41, 5.74) is 2.71. The Morgan fingerprint density at radius 2 is 1.75 bits per heavy atom. The molecule has 0 atom stereocenters. The molecular formula is C14H14N2O3S. The highest BCUT2D eigenvalue weighted by Gasteiger charge is 2.21. The van der Waals surface area contributed by atoms with Crippen LogP contribution in [0.3, 0.4) is 0 Å². The second-order valence-corrected chi connectivity index (χ2v) is 5.27. The number of nitrogens with one attached hydrogen (secondary N) is 1. The monoisotopic (exact) mass is 290 g/mol. The molecule has 1 amide bonds. The first-order valence-electron chi connectivity index (χ1n) is 5.99. The van der Waals surface area contributed by atoms with Gasteiger partial charge in [0.15, 0.2) is 0 Å². The van der Waals surface area contributed by atoms with Crippen LogP contribution in [0.4, 0.5) is 5.00 Å². The van der Waals surface area contributed by atoms with Gasteiger partial charge >= 0.3 is 5.97 Å². The van der Waals surface area contributed by atoms with Crippen LogP contribution in [0.15, 0.2) is 18.2 Å². The van der Waals surface area contributed by atoms with Gasteiger partial charge in [0.1, 0.15) is 10.6 Å². The largest absolute Gasteiger partial charge is 0.478 e. The lowest BCUT2D eigenvalue weighted by molar-refractivity contribution is 0.0697. The molecule has 6 heteroatoms. The van der Waals surface area contributed by atoms with Crippen molar-refractivity contribution in [3.05, 3.63) is 46.1 Å². The van der Waals surface area contributed by atoms with Gasteiger partial charge in [-0.2, -0.15) is 4.37 Å². The SMILES string of the molecule is Cc1cccc(C)c1C(=O)Nc1snc(C)c1C(=O)O. The first-order valence-corrected chi connectivity index (χ1v) is 6.76. The fourth-order valence-corrected chi connectivity index (χ4v) is 2.83. The molecule has 0 aliphatic heterocycles. The Kier molecular flexibility index (Phi) is 3.85. The Bertz CT molecular complexity index is 671. The minimum atomic E-state index is -1.09. The van der Waals surface area contributed by atoms with Gasteiger partial charge in [0, 0.05) is 5.56 Å². The molecule has 0 radical (unpaired) electrons. The molecular weight excluding hydrogens is 276 g/mol. The molecule has 2 N–H and O–H groups in total. The van der Waals surface area contributed by atoms with Crippen molar-refractivity contribution in [3.63, 3.8) is 0 Å². The summed E-state index contributed by atoms with van der Waals surface area (Å²) in [7, 11) is 0. The Hall–Kier alpha value is -2.21. The number of carbonyl (C=O) groups is 2.